The number of alkyl halides is 2. The van der Waals surface area contributed by atoms with E-state index in [1.165, 1.54) is 0 Å². The molecule has 2 heterocycles. The molecule has 1 aliphatic heterocycles. The number of pyridine rings is 1. The highest BCUT2D eigenvalue weighted by molar-refractivity contribution is 5.98. The normalized spacial score (nSPS) is 14.5. The van der Waals surface area contributed by atoms with Crippen LogP contribution in [-0.2, 0) is 0 Å². The number of amides is 1. The summed E-state index contributed by atoms with van der Waals surface area (Å²) in [6, 6.07) is 3.23. The van der Waals surface area contributed by atoms with Crippen LogP contribution in [-0.4, -0.2) is 43.0 Å². The Morgan fingerprint density at radius 1 is 1.30 bits per heavy atom. The molecular formula is C14H22Cl2F2N4O. The van der Waals surface area contributed by atoms with Crippen molar-refractivity contribution >= 4 is 36.5 Å². The van der Waals surface area contributed by atoms with Gasteiger partial charge in [0.25, 0.3) is 11.8 Å². The van der Waals surface area contributed by atoms with Crippen molar-refractivity contribution in [2.75, 3.05) is 31.1 Å². The van der Waals surface area contributed by atoms with E-state index in [0.717, 1.165) is 32.4 Å². The van der Waals surface area contributed by atoms with Crippen LogP contribution in [0.3, 0.4) is 0 Å². The van der Waals surface area contributed by atoms with Crippen LogP contribution in [0.4, 0.5) is 14.6 Å². The van der Waals surface area contributed by atoms with Crippen LogP contribution in [0, 0.1) is 0 Å². The summed E-state index contributed by atoms with van der Waals surface area (Å²) in [6.07, 6.45) is 4.86. The SMILES string of the molecule is Cl.Cl.NCC(F)(F)CNC(=O)c1cccnc1N1CCCCC1. The molecule has 3 N–H and O–H groups in total. The number of anilines is 1. The smallest absolute Gasteiger partial charge is 0.277 e. The van der Waals surface area contributed by atoms with E-state index in [1.54, 1.807) is 18.3 Å². The van der Waals surface area contributed by atoms with Gasteiger partial charge in [-0.15, -0.1) is 24.8 Å². The Morgan fingerprint density at radius 3 is 2.57 bits per heavy atom. The summed E-state index contributed by atoms with van der Waals surface area (Å²) in [5.41, 5.74) is 5.28. The van der Waals surface area contributed by atoms with Gasteiger partial charge in [-0.25, -0.2) is 13.8 Å². The zero-order valence-corrected chi connectivity index (χ0v) is 14.3. The summed E-state index contributed by atoms with van der Waals surface area (Å²) in [5, 5.41) is 2.23. The maximum absolute atomic E-state index is 13.1. The van der Waals surface area contributed by atoms with Crippen molar-refractivity contribution in [2.24, 2.45) is 5.73 Å². The number of carbonyl (C=O) groups excluding carboxylic acids is 1. The topological polar surface area (TPSA) is 71.2 Å². The number of nitrogens with one attached hydrogen (secondary N) is 1. The zero-order valence-electron chi connectivity index (χ0n) is 12.6. The lowest BCUT2D eigenvalue weighted by atomic mass is 10.1. The van der Waals surface area contributed by atoms with Gasteiger partial charge in [0.1, 0.15) is 5.82 Å². The number of aromatic nitrogens is 1. The fourth-order valence-electron chi connectivity index (χ4n) is 2.31. The van der Waals surface area contributed by atoms with Gasteiger partial charge in [-0.2, -0.15) is 0 Å². The predicted octanol–water partition coefficient (Wildman–Crippen LogP) is 2.24. The second-order valence-electron chi connectivity index (χ2n) is 5.17. The molecule has 0 unspecified atom stereocenters. The monoisotopic (exact) mass is 370 g/mol. The van der Waals surface area contributed by atoms with Gasteiger partial charge in [0.05, 0.1) is 18.7 Å². The van der Waals surface area contributed by atoms with E-state index in [4.69, 9.17) is 5.73 Å². The third kappa shape index (κ3) is 6.08. The maximum atomic E-state index is 13.1. The van der Waals surface area contributed by atoms with Crippen molar-refractivity contribution in [1.82, 2.24) is 10.3 Å². The van der Waals surface area contributed by atoms with Crippen molar-refractivity contribution in [1.29, 1.82) is 0 Å². The van der Waals surface area contributed by atoms with E-state index in [0.29, 0.717) is 11.4 Å². The highest BCUT2D eigenvalue weighted by Crippen LogP contribution is 2.21. The molecule has 0 aromatic carbocycles. The predicted molar refractivity (Wildman–Crippen MR) is 91.1 cm³/mol. The standard InChI is InChI=1S/C14H20F2N4O.2ClH/c15-14(16,9-17)10-19-13(21)11-5-4-6-18-12(11)20-7-2-1-3-8-20;;/h4-6H,1-3,7-10,17H2,(H,19,21);2*1H. The van der Waals surface area contributed by atoms with Gasteiger partial charge in [-0.3, -0.25) is 4.79 Å². The second-order valence-corrected chi connectivity index (χ2v) is 5.17. The molecule has 1 aliphatic rings. The van der Waals surface area contributed by atoms with Gasteiger partial charge < -0.3 is 16.0 Å². The highest BCUT2D eigenvalue weighted by atomic mass is 35.5. The van der Waals surface area contributed by atoms with Crippen LogP contribution in [0.2, 0.25) is 0 Å². The zero-order chi connectivity index (χ0) is 15.3. The van der Waals surface area contributed by atoms with E-state index in [1.807, 2.05) is 4.90 Å². The number of rotatable bonds is 5. The minimum Gasteiger partial charge on any atom is -0.356 e. The minimum absolute atomic E-state index is 0. The molecular weight excluding hydrogens is 349 g/mol. The number of carbonyl (C=O) groups is 1. The lowest BCUT2D eigenvalue weighted by molar-refractivity contribution is 0.0118. The second kappa shape index (κ2) is 9.85. The number of hydrogen-bond acceptors (Lipinski definition) is 4. The average Bonchev–Trinajstić information content (AvgIpc) is 2.53. The number of nitrogens with two attached hydrogens (primary N) is 1. The first kappa shape index (κ1) is 21.8. The molecule has 9 heteroatoms. The molecule has 0 atom stereocenters. The Kier molecular flexibility index (Phi) is 9.34. The Hall–Kier alpha value is -1.18. The average molecular weight is 371 g/mol. The Labute approximate surface area is 146 Å². The van der Waals surface area contributed by atoms with E-state index in [9.17, 15) is 13.6 Å². The van der Waals surface area contributed by atoms with Crippen molar-refractivity contribution in [3.8, 4) is 0 Å². The summed E-state index contributed by atoms with van der Waals surface area (Å²) in [6.45, 7) is 0.0997. The largest absolute Gasteiger partial charge is 0.356 e. The van der Waals surface area contributed by atoms with E-state index < -0.39 is 24.9 Å². The van der Waals surface area contributed by atoms with Crippen LogP contribution < -0.4 is 16.0 Å². The van der Waals surface area contributed by atoms with Gasteiger partial charge in [0.2, 0.25) is 0 Å². The third-order valence-corrected chi connectivity index (χ3v) is 3.49. The highest BCUT2D eigenvalue weighted by Gasteiger charge is 2.28. The number of nitrogens with zero attached hydrogens (tertiary/aromatic N) is 2. The molecule has 0 bridgehead atoms. The van der Waals surface area contributed by atoms with Gasteiger partial charge >= 0.3 is 0 Å². The molecule has 0 radical (unpaired) electrons. The molecule has 1 amide bonds. The fraction of sp³-hybridized carbons (Fsp3) is 0.571. The first-order valence-corrected chi connectivity index (χ1v) is 7.09. The van der Waals surface area contributed by atoms with E-state index >= 15 is 0 Å². The summed E-state index contributed by atoms with van der Waals surface area (Å²) < 4.78 is 26.2. The molecule has 1 aromatic rings. The molecule has 132 valence electrons. The van der Waals surface area contributed by atoms with Crippen LogP contribution in [0.1, 0.15) is 29.6 Å². The molecule has 1 saturated heterocycles. The molecule has 0 saturated carbocycles. The van der Waals surface area contributed by atoms with Crippen molar-refractivity contribution in [3.63, 3.8) is 0 Å². The van der Waals surface area contributed by atoms with Crippen LogP contribution in [0.15, 0.2) is 18.3 Å². The van der Waals surface area contributed by atoms with Crippen LogP contribution >= 0.6 is 24.8 Å². The molecule has 0 aliphatic carbocycles. The number of hydrogen-bond donors (Lipinski definition) is 2. The summed E-state index contributed by atoms with van der Waals surface area (Å²) in [7, 11) is 0. The van der Waals surface area contributed by atoms with E-state index in [-0.39, 0.29) is 24.8 Å². The molecule has 5 nitrogen and oxygen atoms in total. The molecule has 1 aromatic heterocycles. The lowest BCUT2D eigenvalue weighted by Crippen LogP contribution is -2.42. The maximum Gasteiger partial charge on any atom is 0.277 e. The summed E-state index contributed by atoms with van der Waals surface area (Å²) >= 11 is 0. The van der Waals surface area contributed by atoms with Crippen molar-refractivity contribution < 1.29 is 13.6 Å². The molecule has 2 rings (SSSR count). The summed E-state index contributed by atoms with van der Waals surface area (Å²) in [5.74, 6) is -3.08. The van der Waals surface area contributed by atoms with Gasteiger partial charge in [0, 0.05) is 19.3 Å². The Morgan fingerprint density at radius 2 is 1.96 bits per heavy atom. The molecule has 1 fully saturated rings. The Bertz CT molecular complexity index is 499. The Balaban J connectivity index is 0.00000242. The van der Waals surface area contributed by atoms with Crippen molar-refractivity contribution in [3.05, 3.63) is 23.9 Å². The van der Waals surface area contributed by atoms with Gasteiger partial charge in [0.15, 0.2) is 0 Å². The molecule has 0 spiro atoms. The first-order valence-electron chi connectivity index (χ1n) is 7.09. The quantitative estimate of drug-likeness (QED) is 0.833. The van der Waals surface area contributed by atoms with Crippen molar-refractivity contribution in [2.45, 2.75) is 25.2 Å². The molecule has 23 heavy (non-hydrogen) atoms. The van der Waals surface area contributed by atoms with E-state index in [2.05, 4.69) is 10.3 Å². The fourth-order valence-corrected chi connectivity index (χ4v) is 2.31. The van der Waals surface area contributed by atoms with Crippen LogP contribution in [0.25, 0.3) is 0 Å². The van der Waals surface area contributed by atoms with Crippen LogP contribution in [0.5, 0.6) is 0 Å². The minimum atomic E-state index is -3.09. The lowest BCUT2D eigenvalue weighted by Gasteiger charge is -2.29. The van der Waals surface area contributed by atoms with Gasteiger partial charge in [-0.05, 0) is 31.4 Å². The number of halogens is 4. The number of piperidine rings is 1. The van der Waals surface area contributed by atoms with Gasteiger partial charge in [-0.1, -0.05) is 0 Å². The summed E-state index contributed by atoms with van der Waals surface area (Å²) in [4.78, 5) is 18.4. The first-order chi connectivity index (χ1) is 10.0. The third-order valence-electron chi connectivity index (χ3n) is 3.49.